The smallest absolute Gasteiger partial charge is 0.120 e. The van der Waals surface area contributed by atoms with Crippen LogP contribution in [0.2, 0.25) is 0 Å². The van der Waals surface area contributed by atoms with Crippen LogP contribution < -0.4 is 5.32 Å². The second-order valence-corrected chi connectivity index (χ2v) is 3.65. The molecule has 0 radical (unpaired) electrons. The molecule has 0 spiro atoms. The molecule has 2 N–H and O–H groups in total. The van der Waals surface area contributed by atoms with Crippen LogP contribution in [-0.4, -0.2) is 35.2 Å². The first kappa shape index (κ1) is 11.8. The predicted molar refractivity (Wildman–Crippen MR) is 65.4 cm³/mol. The van der Waals surface area contributed by atoms with Crippen molar-refractivity contribution in [2.24, 2.45) is 0 Å². The van der Waals surface area contributed by atoms with E-state index in [1.54, 1.807) is 13.3 Å². The summed E-state index contributed by atoms with van der Waals surface area (Å²) in [6.45, 7) is 2.24. The normalized spacial score (nSPS) is 10.6. The number of rotatable bonds is 6. The SMILES string of the molecule is COCCNCc1ncc(-c2cccnc2)[nH]1. The van der Waals surface area contributed by atoms with E-state index in [9.17, 15) is 0 Å². The number of imidazole rings is 1. The van der Waals surface area contributed by atoms with Crippen molar-refractivity contribution in [3.05, 3.63) is 36.5 Å². The Morgan fingerprint density at radius 2 is 2.35 bits per heavy atom. The summed E-state index contributed by atoms with van der Waals surface area (Å²) in [7, 11) is 1.69. The van der Waals surface area contributed by atoms with Crippen molar-refractivity contribution in [1.82, 2.24) is 20.3 Å². The number of H-pyrrole nitrogens is 1. The van der Waals surface area contributed by atoms with Gasteiger partial charge in [0.05, 0.1) is 25.0 Å². The van der Waals surface area contributed by atoms with Crippen molar-refractivity contribution in [1.29, 1.82) is 0 Å². The first-order chi connectivity index (χ1) is 8.40. The van der Waals surface area contributed by atoms with Crippen LogP contribution in [0.15, 0.2) is 30.7 Å². The van der Waals surface area contributed by atoms with Crippen molar-refractivity contribution in [3.8, 4) is 11.3 Å². The summed E-state index contributed by atoms with van der Waals surface area (Å²) in [6, 6.07) is 3.91. The molecule has 2 aromatic heterocycles. The predicted octanol–water partition coefficient (Wildman–Crippen LogP) is 1.21. The topological polar surface area (TPSA) is 62.8 Å². The van der Waals surface area contributed by atoms with Gasteiger partial charge in [0.1, 0.15) is 5.82 Å². The number of hydrogen-bond donors (Lipinski definition) is 2. The average molecular weight is 232 g/mol. The maximum absolute atomic E-state index is 4.95. The molecule has 0 aliphatic rings. The van der Waals surface area contributed by atoms with E-state index in [0.717, 1.165) is 23.6 Å². The average Bonchev–Trinajstić information content (AvgIpc) is 2.85. The molecule has 2 aromatic rings. The van der Waals surface area contributed by atoms with Gasteiger partial charge in [0.15, 0.2) is 0 Å². The first-order valence-electron chi connectivity index (χ1n) is 5.54. The fourth-order valence-corrected chi connectivity index (χ4v) is 1.50. The van der Waals surface area contributed by atoms with Gasteiger partial charge < -0.3 is 15.0 Å². The zero-order valence-corrected chi connectivity index (χ0v) is 9.81. The fraction of sp³-hybridized carbons (Fsp3) is 0.333. The van der Waals surface area contributed by atoms with Gasteiger partial charge in [0.2, 0.25) is 0 Å². The molecule has 2 heterocycles. The van der Waals surface area contributed by atoms with Gasteiger partial charge in [-0.15, -0.1) is 0 Å². The van der Waals surface area contributed by atoms with Crippen molar-refractivity contribution in [2.75, 3.05) is 20.3 Å². The van der Waals surface area contributed by atoms with Crippen LogP contribution in [0.3, 0.4) is 0 Å². The van der Waals surface area contributed by atoms with Crippen LogP contribution in [0, 0.1) is 0 Å². The highest BCUT2D eigenvalue weighted by Crippen LogP contribution is 2.14. The Bertz CT molecular complexity index is 441. The molecule has 2 rings (SSSR count). The zero-order chi connectivity index (χ0) is 11.9. The lowest BCUT2D eigenvalue weighted by molar-refractivity contribution is 0.199. The molecule has 0 saturated heterocycles. The molecule has 0 bridgehead atoms. The summed E-state index contributed by atoms with van der Waals surface area (Å²) >= 11 is 0. The van der Waals surface area contributed by atoms with Gasteiger partial charge >= 0.3 is 0 Å². The molecule has 0 unspecified atom stereocenters. The van der Waals surface area contributed by atoms with Crippen LogP contribution in [0.5, 0.6) is 0 Å². The summed E-state index contributed by atoms with van der Waals surface area (Å²) in [5.74, 6) is 0.917. The summed E-state index contributed by atoms with van der Waals surface area (Å²) < 4.78 is 4.95. The molecular formula is C12H16N4O. The van der Waals surface area contributed by atoms with E-state index < -0.39 is 0 Å². The Labute approximate surface area is 100 Å². The molecule has 0 atom stereocenters. The number of pyridine rings is 1. The molecule has 5 nitrogen and oxygen atoms in total. The van der Waals surface area contributed by atoms with Crippen molar-refractivity contribution in [3.63, 3.8) is 0 Å². The lowest BCUT2D eigenvalue weighted by atomic mass is 10.2. The largest absolute Gasteiger partial charge is 0.383 e. The lowest BCUT2D eigenvalue weighted by Gasteiger charge is -2.00. The molecule has 0 fully saturated rings. The summed E-state index contributed by atoms with van der Waals surface area (Å²) in [5, 5.41) is 3.23. The third-order valence-corrected chi connectivity index (χ3v) is 2.38. The maximum atomic E-state index is 4.95. The third kappa shape index (κ3) is 3.37. The fourth-order valence-electron chi connectivity index (χ4n) is 1.50. The van der Waals surface area contributed by atoms with Gasteiger partial charge in [-0.3, -0.25) is 4.98 Å². The highest BCUT2D eigenvalue weighted by molar-refractivity contribution is 5.56. The number of aromatic nitrogens is 3. The van der Waals surface area contributed by atoms with Gasteiger partial charge in [0, 0.05) is 31.6 Å². The lowest BCUT2D eigenvalue weighted by Crippen LogP contribution is -2.19. The molecule has 0 aliphatic heterocycles. The van der Waals surface area contributed by atoms with E-state index in [-0.39, 0.29) is 0 Å². The highest BCUT2D eigenvalue weighted by Gasteiger charge is 2.02. The molecule has 17 heavy (non-hydrogen) atoms. The first-order valence-corrected chi connectivity index (χ1v) is 5.54. The molecular weight excluding hydrogens is 216 g/mol. The minimum Gasteiger partial charge on any atom is -0.383 e. The van der Waals surface area contributed by atoms with E-state index in [2.05, 4.69) is 20.3 Å². The summed E-state index contributed by atoms with van der Waals surface area (Å²) in [4.78, 5) is 11.6. The second-order valence-electron chi connectivity index (χ2n) is 3.65. The van der Waals surface area contributed by atoms with Crippen molar-refractivity contribution < 1.29 is 4.74 Å². The Morgan fingerprint density at radius 1 is 1.41 bits per heavy atom. The Hall–Kier alpha value is -1.72. The molecule has 0 saturated carbocycles. The summed E-state index contributed by atoms with van der Waals surface area (Å²) in [6.07, 6.45) is 5.40. The second kappa shape index (κ2) is 6.12. The Morgan fingerprint density at radius 3 is 3.12 bits per heavy atom. The zero-order valence-electron chi connectivity index (χ0n) is 9.81. The number of hydrogen-bond acceptors (Lipinski definition) is 4. The van der Waals surface area contributed by atoms with Crippen LogP contribution in [0.25, 0.3) is 11.3 Å². The van der Waals surface area contributed by atoms with Crippen LogP contribution in [-0.2, 0) is 11.3 Å². The van der Waals surface area contributed by atoms with Crippen LogP contribution >= 0.6 is 0 Å². The van der Waals surface area contributed by atoms with Crippen molar-refractivity contribution in [2.45, 2.75) is 6.54 Å². The highest BCUT2D eigenvalue weighted by atomic mass is 16.5. The van der Waals surface area contributed by atoms with E-state index in [1.165, 1.54) is 0 Å². The maximum Gasteiger partial charge on any atom is 0.120 e. The number of nitrogens with zero attached hydrogens (tertiary/aromatic N) is 2. The Balaban J connectivity index is 1.92. The summed E-state index contributed by atoms with van der Waals surface area (Å²) in [5.41, 5.74) is 2.03. The van der Waals surface area contributed by atoms with Gasteiger partial charge in [0.25, 0.3) is 0 Å². The number of nitrogens with one attached hydrogen (secondary N) is 2. The minimum absolute atomic E-state index is 0.705. The van der Waals surface area contributed by atoms with Gasteiger partial charge in [-0.25, -0.2) is 4.98 Å². The Kier molecular flexibility index (Phi) is 4.23. The number of aromatic amines is 1. The van der Waals surface area contributed by atoms with Crippen LogP contribution in [0.1, 0.15) is 5.82 Å². The van der Waals surface area contributed by atoms with E-state index in [4.69, 9.17) is 4.74 Å². The third-order valence-electron chi connectivity index (χ3n) is 2.38. The monoisotopic (exact) mass is 232 g/mol. The van der Waals surface area contributed by atoms with Crippen molar-refractivity contribution >= 4 is 0 Å². The van der Waals surface area contributed by atoms with Gasteiger partial charge in [-0.1, -0.05) is 0 Å². The molecule has 5 heteroatoms. The minimum atomic E-state index is 0.705. The van der Waals surface area contributed by atoms with E-state index in [0.29, 0.717) is 13.2 Å². The number of ether oxygens (including phenoxy) is 1. The van der Waals surface area contributed by atoms with Crippen LogP contribution in [0.4, 0.5) is 0 Å². The van der Waals surface area contributed by atoms with Gasteiger partial charge in [-0.2, -0.15) is 0 Å². The molecule has 90 valence electrons. The number of methoxy groups -OCH3 is 1. The molecule has 0 aliphatic carbocycles. The molecule has 0 amide bonds. The quantitative estimate of drug-likeness (QED) is 0.735. The standard InChI is InChI=1S/C12H16N4O/c1-17-6-5-14-9-12-15-8-11(16-12)10-3-2-4-13-7-10/h2-4,7-8,14H,5-6,9H2,1H3,(H,15,16). The molecule has 0 aromatic carbocycles. The van der Waals surface area contributed by atoms with E-state index >= 15 is 0 Å². The van der Waals surface area contributed by atoms with E-state index in [1.807, 2.05) is 24.5 Å². The van der Waals surface area contributed by atoms with Gasteiger partial charge in [-0.05, 0) is 12.1 Å².